The molecule has 3 aromatic rings. The lowest BCUT2D eigenvalue weighted by atomic mass is 10.1. The summed E-state index contributed by atoms with van der Waals surface area (Å²) >= 11 is 6.39. The molecule has 0 saturated heterocycles. The van der Waals surface area contributed by atoms with Crippen LogP contribution in [0.25, 0.3) is 0 Å². The van der Waals surface area contributed by atoms with Gasteiger partial charge in [0.2, 0.25) is 11.8 Å². The van der Waals surface area contributed by atoms with E-state index < -0.39 is 28.5 Å². The summed E-state index contributed by atoms with van der Waals surface area (Å²) in [6.07, 6.45) is 0.356. The number of para-hydroxylation sites is 1. The molecule has 0 saturated carbocycles. The van der Waals surface area contributed by atoms with E-state index in [1.54, 1.807) is 42.5 Å². The molecule has 0 bridgehead atoms. The molecule has 1 unspecified atom stereocenters. The number of rotatable bonds is 10. The first-order valence-electron chi connectivity index (χ1n) is 11.6. The molecule has 2 amide bonds. The minimum atomic E-state index is -4.14. The first-order chi connectivity index (χ1) is 17.2. The van der Waals surface area contributed by atoms with Crippen LogP contribution in [0.5, 0.6) is 0 Å². The van der Waals surface area contributed by atoms with Crippen LogP contribution >= 0.6 is 11.6 Å². The molecule has 0 fully saturated rings. The maximum Gasteiger partial charge on any atom is 0.264 e. The quantitative estimate of drug-likeness (QED) is 0.423. The van der Waals surface area contributed by atoms with Crippen molar-refractivity contribution in [3.63, 3.8) is 0 Å². The first kappa shape index (κ1) is 27.2. The Labute approximate surface area is 217 Å². The van der Waals surface area contributed by atoms with E-state index in [0.717, 1.165) is 15.4 Å². The predicted molar refractivity (Wildman–Crippen MR) is 142 cm³/mol. The maximum atomic E-state index is 13.8. The second-order valence-electron chi connectivity index (χ2n) is 8.32. The largest absolute Gasteiger partial charge is 0.357 e. The molecule has 0 aliphatic heterocycles. The Morgan fingerprint density at radius 3 is 2.14 bits per heavy atom. The Kier molecular flexibility index (Phi) is 9.12. The number of sulfonamides is 1. The summed E-state index contributed by atoms with van der Waals surface area (Å²) in [6.45, 7) is 3.39. The van der Waals surface area contributed by atoms with Gasteiger partial charge in [0, 0.05) is 13.6 Å². The monoisotopic (exact) mass is 527 g/mol. The Balaban J connectivity index is 2.05. The van der Waals surface area contributed by atoms with Crippen molar-refractivity contribution in [3.05, 3.63) is 95.0 Å². The molecule has 3 rings (SSSR count). The van der Waals surface area contributed by atoms with Gasteiger partial charge < -0.3 is 10.2 Å². The van der Waals surface area contributed by atoms with Gasteiger partial charge in [0.15, 0.2) is 0 Å². The number of benzene rings is 3. The van der Waals surface area contributed by atoms with E-state index in [9.17, 15) is 18.0 Å². The second kappa shape index (κ2) is 12.1. The molecule has 1 atom stereocenters. The fourth-order valence-electron chi connectivity index (χ4n) is 3.86. The van der Waals surface area contributed by atoms with E-state index in [0.29, 0.717) is 6.42 Å². The van der Waals surface area contributed by atoms with Gasteiger partial charge in [-0.25, -0.2) is 8.42 Å². The number of carbonyl (C=O) groups excluding carboxylic acids is 2. The smallest absolute Gasteiger partial charge is 0.264 e. The van der Waals surface area contributed by atoms with Crippen molar-refractivity contribution in [2.24, 2.45) is 0 Å². The third-order valence-electron chi connectivity index (χ3n) is 5.84. The Hall–Kier alpha value is -3.36. The van der Waals surface area contributed by atoms with E-state index in [1.807, 2.05) is 38.1 Å². The maximum absolute atomic E-state index is 13.8. The van der Waals surface area contributed by atoms with E-state index >= 15 is 0 Å². The number of aryl methyl sites for hydroxylation is 1. The summed E-state index contributed by atoms with van der Waals surface area (Å²) in [6, 6.07) is 21.2. The van der Waals surface area contributed by atoms with Crippen molar-refractivity contribution in [3.8, 4) is 0 Å². The third-order valence-corrected chi connectivity index (χ3v) is 7.93. The molecule has 36 heavy (non-hydrogen) atoms. The van der Waals surface area contributed by atoms with Crippen molar-refractivity contribution >= 4 is 39.1 Å². The van der Waals surface area contributed by atoms with E-state index in [2.05, 4.69) is 5.32 Å². The van der Waals surface area contributed by atoms with Crippen molar-refractivity contribution in [1.82, 2.24) is 10.2 Å². The Morgan fingerprint density at radius 1 is 0.944 bits per heavy atom. The normalized spacial score (nSPS) is 12.0. The van der Waals surface area contributed by atoms with Gasteiger partial charge in [0.1, 0.15) is 12.6 Å². The molecule has 0 aliphatic carbocycles. The Morgan fingerprint density at radius 2 is 1.56 bits per heavy atom. The molecule has 7 nitrogen and oxygen atoms in total. The van der Waals surface area contributed by atoms with Crippen LogP contribution in [0.2, 0.25) is 5.02 Å². The van der Waals surface area contributed by atoms with Gasteiger partial charge >= 0.3 is 0 Å². The minimum absolute atomic E-state index is 0.0288. The van der Waals surface area contributed by atoms with Crippen molar-refractivity contribution in [1.29, 1.82) is 0 Å². The van der Waals surface area contributed by atoms with E-state index in [1.165, 1.54) is 24.1 Å². The standard InChI is InChI=1S/C27H30ClN3O4S/c1-4-24(27(33)29-3)30(18-21-16-14-20(2)15-17-21)26(32)19-31(25-13-9-8-12-23(25)28)36(34,35)22-10-6-5-7-11-22/h5-17,24H,4,18-19H2,1-3H3,(H,29,33). The van der Waals surface area contributed by atoms with Crippen LogP contribution in [0, 0.1) is 6.92 Å². The number of carbonyl (C=O) groups is 2. The van der Waals surface area contributed by atoms with Crippen LogP contribution in [0.4, 0.5) is 5.69 Å². The molecule has 0 spiro atoms. The number of nitrogens with one attached hydrogen (secondary N) is 1. The molecule has 1 N–H and O–H groups in total. The molecule has 190 valence electrons. The Bertz CT molecular complexity index is 1300. The lowest BCUT2D eigenvalue weighted by molar-refractivity contribution is -0.140. The fourth-order valence-corrected chi connectivity index (χ4v) is 5.61. The summed E-state index contributed by atoms with van der Waals surface area (Å²) in [4.78, 5) is 28.0. The van der Waals surface area contributed by atoms with Crippen LogP contribution in [-0.4, -0.2) is 44.8 Å². The number of halogens is 1. The number of likely N-dealkylation sites (N-methyl/N-ethyl adjacent to an activating group) is 1. The molecule has 0 radical (unpaired) electrons. The highest BCUT2D eigenvalue weighted by Crippen LogP contribution is 2.30. The zero-order valence-electron chi connectivity index (χ0n) is 20.5. The lowest BCUT2D eigenvalue weighted by Gasteiger charge is -2.33. The summed E-state index contributed by atoms with van der Waals surface area (Å²) in [5.41, 5.74) is 2.07. The number of hydrogen-bond acceptors (Lipinski definition) is 4. The predicted octanol–water partition coefficient (Wildman–Crippen LogP) is 4.40. The third kappa shape index (κ3) is 6.25. The van der Waals surface area contributed by atoms with Crippen molar-refractivity contribution in [2.45, 2.75) is 37.8 Å². The number of amides is 2. The molecule has 3 aromatic carbocycles. The van der Waals surface area contributed by atoms with Gasteiger partial charge in [0.25, 0.3) is 10.0 Å². The average molecular weight is 528 g/mol. The summed E-state index contributed by atoms with van der Waals surface area (Å²) in [5.74, 6) is -0.848. The fraction of sp³-hybridized carbons (Fsp3) is 0.259. The van der Waals surface area contributed by atoms with E-state index in [-0.39, 0.29) is 28.1 Å². The zero-order valence-corrected chi connectivity index (χ0v) is 22.1. The van der Waals surface area contributed by atoms with Crippen LogP contribution in [0.1, 0.15) is 24.5 Å². The molecular formula is C27H30ClN3O4S. The highest BCUT2D eigenvalue weighted by Gasteiger charge is 2.34. The zero-order chi connectivity index (χ0) is 26.3. The molecule has 0 aromatic heterocycles. The molecular weight excluding hydrogens is 498 g/mol. The van der Waals surface area contributed by atoms with Gasteiger partial charge in [-0.15, -0.1) is 0 Å². The van der Waals surface area contributed by atoms with Gasteiger partial charge in [0.05, 0.1) is 15.6 Å². The average Bonchev–Trinajstić information content (AvgIpc) is 2.89. The first-order valence-corrected chi connectivity index (χ1v) is 13.4. The highest BCUT2D eigenvalue weighted by atomic mass is 35.5. The van der Waals surface area contributed by atoms with Gasteiger partial charge in [-0.05, 0) is 43.2 Å². The van der Waals surface area contributed by atoms with Crippen molar-refractivity contribution < 1.29 is 18.0 Å². The lowest BCUT2D eigenvalue weighted by Crippen LogP contribution is -2.51. The second-order valence-corrected chi connectivity index (χ2v) is 10.6. The van der Waals surface area contributed by atoms with E-state index in [4.69, 9.17) is 11.6 Å². The summed E-state index contributed by atoms with van der Waals surface area (Å²) < 4.78 is 28.4. The van der Waals surface area contributed by atoms with Crippen molar-refractivity contribution in [2.75, 3.05) is 17.9 Å². The highest BCUT2D eigenvalue weighted by molar-refractivity contribution is 7.92. The summed E-state index contributed by atoms with van der Waals surface area (Å²) in [5, 5.41) is 2.80. The van der Waals surface area contributed by atoms with Gasteiger partial charge in [-0.3, -0.25) is 13.9 Å². The number of nitrogens with zero attached hydrogens (tertiary/aromatic N) is 2. The molecule has 0 heterocycles. The number of hydrogen-bond donors (Lipinski definition) is 1. The van der Waals surface area contributed by atoms with Crippen LogP contribution in [0.15, 0.2) is 83.8 Å². The van der Waals surface area contributed by atoms with Crippen LogP contribution in [0.3, 0.4) is 0 Å². The summed E-state index contributed by atoms with van der Waals surface area (Å²) in [7, 11) is -2.63. The topological polar surface area (TPSA) is 86.8 Å². The van der Waals surface area contributed by atoms with Gasteiger partial charge in [-0.1, -0.05) is 78.7 Å². The number of anilines is 1. The van der Waals surface area contributed by atoms with Gasteiger partial charge in [-0.2, -0.15) is 0 Å². The van der Waals surface area contributed by atoms with Crippen LogP contribution < -0.4 is 9.62 Å². The molecule has 0 aliphatic rings. The molecule has 9 heteroatoms. The SMILES string of the molecule is CCC(C(=O)NC)N(Cc1ccc(C)cc1)C(=O)CN(c1ccccc1Cl)S(=O)(=O)c1ccccc1. The van der Waals surface area contributed by atoms with Crippen LogP contribution in [-0.2, 0) is 26.2 Å². The minimum Gasteiger partial charge on any atom is -0.357 e.